The first kappa shape index (κ1) is 13.4. The Morgan fingerprint density at radius 1 is 1.44 bits per heavy atom. The minimum absolute atomic E-state index is 0.151. The summed E-state index contributed by atoms with van der Waals surface area (Å²) in [6.45, 7) is 12.6. The third-order valence-electron chi connectivity index (χ3n) is 4.00. The molecule has 1 aliphatic rings. The number of nitrogens with zero attached hydrogens (tertiary/aromatic N) is 1. The van der Waals surface area contributed by atoms with Crippen LogP contribution < -0.4 is 0 Å². The molecule has 0 bridgehead atoms. The van der Waals surface area contributed by atoms with Crippen molar-refractivity contribution in [2.45, 2.75) is 64.7 Å². The molecule has 1 amide bonds. The summed E-state index contributed by atoms with van der Waals surface area (Å²) in [4.78, 5) is 22.9. The fourth-order valence-corrected chi connectivity index (χ4v) is 4.64. The molecular formula is C12H23NO2Si. The van der Waals surface area contributed by atoms with Crippen LogP contribution in [0.4, 0.5) is 0 Å². The van der Waals surface area contributed by atoms with Crippen LogP contribution in [-0.2, 0) is 9.59 Å². The molecule has 0 aromatic rings. The first-order chi connectivity index (χ1) is 7.07. The molecule has 1 fully saturated rings. The predicted molar refractivity (Wildman–Crippen MR) is 67.7 cm³/mol. The van der Waals surface area contributed by atoms with E-state index in [-0.39, 0.29) is 22.8 Å². The van der Waals surface area contributed by atoms with Crippen molar-refractivity contribution in [1.82, 2.24) is 4.57 Å². The van der Waals surface area contributed by atoms with E-state index in [1.807, 2.05) is 4.57 Å². The van der Waals surface area contributed by atoms with E-state index in [0.29, 0.717) is 12.8 Å². The molecular weight excluding hydrogens is 218 g/mol. The minimum Gasteiger partial charge on any atom is -0.366 e. The molecule has 1 heterocycles. The molecule has 1 unspecified atom stereocenters. The molecule has 1 rings (SSSR count). The van der Waals surface area contributed by atoms with Gasteiger partial charge in [0.25, 0.3) is 0 Å². The maximum atomic E-state index is 11.8. The van der Waals surface area contributed by atoms with Gasteiger partial charge >= 0.3 is 0 Å². The molecule has 0 aliphatic carbocycles. The Labute approximate surface area is 99.3 Å². The van der Waals surface area contributed by atoms with Gasteiger partial charge in [0, 0.05) is 18.9 Å². The summed E-state index contributed by atoms with van der Waals surface area (Å²) in [5, 5.41) is 0.151. The summed E-state index contributed by atoms with van der Waals surface area (Å²) in [5.41, 5.74) is 0. The van der Waals surface area contributed by atoms with Crippen LogP contribution >= 0.6 is 0 Å². The van der Waals surface area contributed by atoms with Crippen LogP contribution in [0.2, 0.25) is 18.1 Å². The smallest absolute Gasteiger partial charge is 0.216 e. The Morgan fingerprint density at radius 3 is 2.25 bits per heavy atom. The van der Waals surface area contributed by atoms with Gasteiger partial charge in [-0.15, -0.1) is 0 Å². The Balaban J connectivity index is 2.85. The fraction of sp³-hybridized carbons (Fsp3) is 0.833. The van der Waals surface area contributed by atoms with E-state index >= 15 is 0 Å². The third kappa shape index (κ3) is 2.21. The molecule has 3 nitrogen and oxygen atoms in total. The van der Waals surface area contributed by atoms with Gasteiger partial charge in [-0.05, 0) is 12.0 Å². The largest absolute Gasteiger partial charge is 0.366 e. The van der Waals surface area contributed by atoms with E-state index in [0.717, 1.165) is 0 Å². The first-order valence-electron chi connectivity index (χ1n) is 5.89. The second-order valence-electron chi connectivity index (χ2n) is 6.34. The highest BCUT2D eigenvalue weighted by molar-refractivity contribution is 6.80. The number of Topliss-reactive ketones (excluding diaryl/α,β-unsaturated/α-hetero) is 1. The maximum Gasteiger partial charge on any atom is 0.216 e. The zero-order valence-electron chi connectivity index (χ0n) is 11.3. The molecule has 1 atom stereocenters. The van der Waals surface area contributed by atoms with E-state index in [1.165, 1.54) is 0 Å². The van der Waals surface area contributed by atoms with Crippen molar-refractivity contribution in [1.29, 1.82) is 0 Å². The molecule has 92 valence electrons. The van der Waals surface area contributed by atoms with Gasteiger partial charge in [-0.3, -0.25) is 9.59 Å². The number of hydrogen-bond donors (Lipinski definition) is 0. The van der Waals surface area contributed by atoms with Gasteiger partial charge in [0.15, 0.2) is 8.24 Å². The Bertz CT molecular complexity index is 317. The molecule has 0 N–H and O–H groups in total. The number of ketones is 1. The zero-order valence-corrected chi connectivity index (χ0v) is 12.3. The van der Waals surface area contributed by atoms with Gasteiger partial charge in [0.2, 0.25) is 5.91 Å². The van der Waals surface area contributed by atoms with Crippen molar-refractivity contribution in [3.63, 3.8) is 0 Å². The van der Waals surface area contributed by atoms with E-state index in [9.17, 15) is 9.59 Å². The highest BCUT2D eigenvalue weighted by atomic mass is 28.3. The Hall–Kier alpha value is -0.643. The fourth-order valence-electron chi connectivity index (χ4n) is 2.11. The molecule has 0 radical (unpaired) electrons. The molecule has 0 aromatic carbocycles. The average molecular weight is 241 g/mol. The van der Waals surface area contributed by atoms with Crippen molar-refractivity contribution >= 4 is 19.9 Å². The van der Waals surface area contributed by atoms with E-state index < -0.39 is 8.24 Å². The average Bonchev–Trinajstić information content (AvgIpc) is 1.98. The monoisotopic (exact) mass is 241 g/mol. The molecule has 4 heteroatoms. The summed E-state index contributed by atoms with van der Waals surface area (Å²) >= 11 is 0. The SMILES string of the molecule is CC(=O)CC1CC(=O)N1[Si](C)(C)C(C)(C)C. The normalized spacial score (nSPS) is 22.0. The van der Waals surface area contributed by atoms with Gasteiger partial charge in [0.1, 0.15) is 5.78 Å². The van der Waals surface area contributed by atoms with E-state index in [2.05, 4.69) is 33.9 Å². The third-order valence-corrected chi connectivity index (χ3v) is 9.49. The summed E-state index contributed by atoms with van der Waals surface area (Å²) in [6, 6.07) is 0.172. The highest BCUT2D eigenvalue weighted by Gasteiger charge is 2.51. The summed E-state index contributed by atoms with van der Waals surface area (Å²) < 4.78 is 2.04. The zero-order chi connectivity index (χ0) is 12.7. The number of carbonyl (C=O) groups excluding carboxylic acids is 2. The Kier molecular flexibility index (Phi) is 3.34. The van der Waals surface area contributed by atoms with E-state index in [4.69, 9.17) is 0 Å². The number of hydrogen-bond acceptors (Lipinski definition) is 2. The van der Waals surface area contributed by atoms with Crippen LogP contribution in [-0.4, -0.2) is 30.5 Å². The quantitative estimate of drug-likeness (QED) is 0.562. The van der Waals surface area contributed by atoms with Crippen LogP contribution in [0.25, 0.3) is 0 Å². The van der Waals surface area contributed by atoms with Crippen molar-refractivity contribution in [2.75, 3.05) is 0 Å². The van der Waals surface area contributed by atoms with Crippen LogP contribution in [0.1, 0.15) is 40.5 Å². The van der Waals surface area contributed by atoms with Crippen molar-refractivity contribution < 1.29 is 9.59 Å². The predicted octanol–water partition coefficient (Wildman–Crippen LogP) is 2.57. The van der Waals surface area contributed by atoms with Gasteiger partial charge in [0.05, 0.1) is 0 Å². The lowest BCUT2D eigenvalue weighted by Crippen LogP contribution is -2.68. The summed E-state index contributed by atoms with van der Waals surface area (Å²) in [6.07, 6.45) is 1.09. The first-order valence-corrected chi connectivity index (χ1v) is 8.83. The lowest BCUT2D eigenvalue weighted by atomic mass is 10.0. The van der Waals surface area contributed by atoms with Gasteiger partial charge < -0.3 is 4.57 Å². The van der Waals surface area contributed by atoms with Gasteiger partial charge in [-0.2, -0.15) is 0 Å². The molecule has 0 saturated carbocycles. The minimum atomic E-state index is -1.78. The molecule has 1 aliphatic heterocycles. The van der Waals surface area contributed by atoms with Crippen LogP contribution in [0.3, 0.4) is 0 Å². The Morgan fingerprint density at radius 2 is 1.94 bits per heavy atom. The van der Waals surface area contributed by atoms with Crippen molar-refractivity contribution in [2.24, 2.45) is 0 Å². The maximum absolute atomic E-state index is 11.8. The standard InChI is InChI=1S/C12H23NO2Si/c1-9(14)7-10-8-11(15)13(10)16(5,6)12(2,3)4/h10H,7-8H2,1-6H3. The molecule has 0 aromatic heterocycles. The summed E-state index contributed by atoms with van der Waals surface area (Å²) in [5.74, 6) is 0.416. The van der Waals surface area contributed by atoms with Crippen LogP contribution in [0.15, 0.2) is 0 Å². The second kappa shape index (κ2) is 3.98. The molecule has 16 heavy (non-hydrogen) atoms. The lowest BCUT2D eigenvalue weighted by Gasteiger charge is -2.54. The van der Waals surface area contributed by atoms with Gasteiger partial charge in [-0.25, -0.2) is 0 Å². The molecule has 1 saturated heterocycles. The van der Waals surface area contributed by atoms with Crippen molar-refractivity contribution in [3.05, 3.63) is 0 Å². The topological polar surface area (TPSA) is 37.4 Å². The van der Waals surface area contributed by atoms with Gasteiger partial charge in [-0.1, -0.05) is 33.9 Å². The van der Waals surface area contributed by atoms with Crippen LogP contribution in [0, 0.1) is 0 Å². The number of carbonyl (C=O) groups is 2. The van der Waals surface area contributed by atoms with E-state index in [1.54, 1.807) is 6.92 Å². The lowest BCUT2D eigenvalue weighted by molar-refractivity contribution is -0.140. The number of rotatable bonds is 3. The second-order valence-corrected chi connectivity index (χ2v) is 11.4. The van der Waals surface area contributed by atoms with Crippen LogP contribution in [0.5, 0.6) is 0 Å². The van der Waals surface area contributed by atoms with Crippen molar-refractivity contribution in [3.8, 4) is 0 Å². The highest BCUT2D eigenvalue weighted by Crippen LogP contribution is 2.43. The number of amides is 1. The number of β-lactam (4-membered cyclic amide) rings is 1. The molecule has 0 spiro atoms. The summed E-state index contributed by atoms with van der Waals surface area (Å²) in [7, 11) is -1.78.